The second kappa shape index (κ2) is 9.12. The van der Waals surface area contributed by atoms with E-state index in [9.17, 15) is 19.2 Å². The molecule has 4 amide bonds. The zero-order valence-electron chi connectivity index (χ0n) is 18.3. The molecule has 0 radical (unpaired) electrons. The Morgan fingerprint density at radius 3 is 2.29 bits per heavy atom. The molecule has 2 aromatic rings. The summed E-state index contributed by atoms with van der Waals surface area (Å²) in [5, 5.41) is 2.75. The molecule has 31 heavy (non-hydrogen) atoms. The fourth-order valence-electron chi connectivity index (χ4n) is 3.36. The number of hydrogen-bond donors (Lipinski definition) is 1. The summed E-state index contributed by atoms with van der Waals surface area (Å²) < 4.78 is 0. The minimum atomic E-state index is -0.400. The van der Waals surface area contributed by atoms with Crippen LogP contribution in [0.15, 0.2) is 42.5 Å². The molecule has 162 valence electrons. The Morgan fingerprint density at radius 1 is 1.00 bits per heavy atom. The second-order valence-electron chi connectivity index (χ2n) is 8.28. The maximum Gasteiger partial charge on any atom is 0.261 e. The van der Waals surface area contributed by atoms with E-state index < -0.39 is 5.91 Å². The molecule has 0 spiro atoms. The number of carbonyl (C=O) groups is 4. The standard InChI is InChI=1S/C24H27N3O4/c1-15(2)11-12-27-23(30)19-10-7-17(13-20(19)24(27)31)22(29)26(4)14-21(28)25-18-8-5-16(3)6-9-18/h5-10,13,15H,11-12,14H2,1-4H3,(H,25,28). The predicted octanol–water partition coefficient (Wildman–Crippen LogP) is 3.35. The summed E-state index contributed by atoms with van der Waals surface area (Å²) in [4.78, 5) is 52.8. The smallest absolute Gasteiger partial charge is 0.261 e. The first-order valence-electron chi connectivity index (χ1n) is 10.3. The van der Waals surface area contributed by atoms with Crippen molar-refractivity contribution in [3.05, 3.63) is 64.7 Å². The number of anilines is 1. The molecule has 0 saturated carbocycles. The van der Waals surface area contributed by atoms with Crippen LogP contribution in [0.4, 0.5) is 5.69 Å². The van der Waals surface area contributed by atoms with Crippen molar-refractivity contribution in [2.45, 2.75) is 27.2 Å². The Bertz CT molecular complexity index is 1030. The molecule has 1 N–H and O–H groups in total. The fourth-order valence-corrected chi connectivity index (χ4v) is 3.36. The number of rotatable bonds is 7. The number of imide groups is 1. The summed E-state index contributed by atoms with van der Waals surface area (Å²) in [6.45, 7) is 6.22. The Hall–Kier alpha value is -3.48. The first-order valence-corrected chi connectivity index (χ1v) is 10.3. The van der Waals surface area contributed by atoms with Gasteiger partial charge in [0.15, 0.2) is 0 Å². The molecule has 0 fully saturated rings. The van der Waals surface area contributed by atoms with Gasteiger partial charge in [0.1, 0.15) is 0 Å². The number of nitrogens with zero attached hydrogens (tertiary/aromatic N) is 2. The van der Waals surface area contributed by atoms with Gasteiger partial charge in [0, 0.05) is 24.8 Å². The molecular formula is C24H27N3O4. The van der Waals surface area contributed by atoms with E-state index in [1.54, 1.807) is 12.1 Å². The van der Waals surface area contributed by atoms with Crippen molar-refractivity contribution < 1.29 is 19.2 Å². The third kappa shape index (κ3) is 4.99. The molecule has 0 bridgehead atoms. The molecule has 0 aromatic heterocycles. The van der Waals surface area contributed by atoms with Crippen LogP contribution < -0.4 is 5.32 Å². The lowest BCUT2D eigenvalue weighted by Gasteiger charge is -2.17. The van der Waals surface area contributed by atoms with E-state index in [0.29, 0.717) is 23.7 Å². The number of aryl methyl sites for hydroxylation is 1. The van der Waals surface area contributed by atoms with Crippen LogP contribution in [0.25, 0.3) is 0 Å². The summed E-state index contributed by atoms with van der Waals surface area (Å²) in [7, 11) is 1.52. The number of nitrogens with one attached hydrogen (secondary N) is 1. The molecule has 1 aliphatic rings. The first-order chi connectivity index (χ1) is 14.7. The summed E-state index contributed by atoms with van der Waals surface area (Å²) >= 11 is 0. The fraction of sp³-hybridized carbons (Fsp3) is 0.333. The Kier molecular flexibility index (Phi) is 6.53. The molecule has 0 atom stereocenters. The van der Waals surface area contributed by atoms with Gasteiger partial charge in [0.2, 0.25) is 5.91 Å². The van der Waals surface area contributed by atoms with Gasteiger partial charge in [-0.15, -0.1) is 0 Å². The van der Waals surface area contributed by atoms with Gasteiger partial charge in [-0.1, -0.05) is 31.5 Å². The van der Waals surface area contributed by atoms with E-state index in [-0.39, 0.29) is 35.4 Å². The van der Waals surface area contributed by atoms with E-state index in [1.807, 2.05) is 32.9 Å². The van der Waals surface area contributed by atoms with Crippen LogP contribution in [0, 0.1) is 12.8 Å². The lowest BCUT2D eigenvalue weighted by molar-refractivity contribution is -0.116. The van der Waals surface area contributed by atoms with Gasteiger partial charge in [-0.05, 0) is 49.6 Å². The van der Waals surface area contributed by atoms with Crippen LogP contribution in [0.2, 0.25) is 0 Å². The number of amides is 4. The molecule has 1 aliphatic heterocycles. The number of fused-ring (bicyclic) bond motifs is 1. The van der Waals surface area contributed by atoms with Crippen LogP contribution in [0.5, 0.6) is 0 Å². The summed E-state index contributed by atoms with van der Waals surface area (Å²) in [5.74, 6) is -1.07. The van der Waals surface area contributed by atoms with Crippen LogP contribution in [0.3, 0.4) is 0 Å². The van der Waals surface area contributed by atoms with Crippen molar-refractivity contribution in [3.63, 3.8) is 0 Å². The minimum Gasteiger partial charge on any atom is -0.332 e. The summed E-state index contributed by atoms with van der Waals surface area (Å²) in [5.41, 5.74) is 2.54. The monoisotopic (exact) mass is 421 g/mol. The first kappa shape index (κ1) is 22.2. The van der Waals surface area contributed by atoms with Crippen molar-refractivity contribution >= 4 is 29.3 Å². The van der Waals surface area contributed by atoms with Crippen molar-refractivity contribution in [3.8, 4) is 0 Å². The highest BCUT2D eigenvalue weighted by molar-refractivity contribution is 6.22. The van der Waals surface area contributed by atoms with Gasteiger partial charge in [-0.3, -0.25) is 24.1 Å². The molecule has 0 unspecified atom stereocenters. The Labute approximate surface area is 182 Å². The molecule has 0 saturated heterocycles. The Balaban J connectivity index is 1.67. The van der Waals surface area contributed by atoms with Gasteiger partial charge in [0.05, 0.1) is 17.7 Å². The zero-order valence-corrected chi connectivity index (χ0v) is 18.3. The minimum absolute atomic E-state index is 0.142. The van der Waals surface area contributed by atoms with Gasteiger partial charge in [0.25, 0.3) is 17.7 Å². The van der Waals surface area contributed by atoms with E-state index in [0.717, 1.165) is 12.0 Å². The lowest BCUT2D eigenvalue weighted by atomic mass is 10.0. The van der Waals surface area contributed by atoms with E-state index in [2.05, 4.69) is 5.32 Å². The number of carbonyl (C=O) groups excluding carboxylic acids is 4. The highest BCUT2D eigenvalue weighted by atomic mass is 16.2. The van der Waals surface area contributed by atoms with Gasteiger partial charge in [-0.2, -0.15) is 0 Å². The van der Waals surface area contributed by atoms with E-state index in [4.69, 9.17) is 0 Å². The van der Waals surface area contributed by atoms with Crippen LogP contribution >= 0.6 is 0 Å². The van der Waals surface area contributed by atoms with E-state index >= 15 is 0 Å². The molecule has 2 aromatic carbocycles. The predicted molar refractivity (Wildman–Crippen MR) is 118 cm³/mol. The van der Waals surface area contributed by atoms with E-state index in [1.165, 1.54) is 35.0 Å². The van der Waals surface area contributed by atoms with Crippen LogP contribution in [-0.2, 0) is 4.79 Å². The third-order valence-electron chi connectivity index (χ3n) is 5.21. The number of benzene rings is 2. The van der Waals surface area contributed by atoms with Crippen molar-refractivity contribution in [1.29, 1.82) is 0 Å². The SMILES string of the molecule is Cc1ccc(NC(=O)CN(C)C(=O)c2ccc3c(c2)C(=O)N(CCC(C)C)C3=O)cc1. The van der Waals surface area contributed by atoms with Crippen molar-refractivity contribution in [2.75, 3.05) is 25.5 Å². The number of hydrogen-bond acceptors (Lipinski definition) is 4. The topological polar surface area (TPSA) is 86.8 Å². The van der Waals surface area contributed by atoms with Gasteiger partial charge >= 0.3 is 0 Å². The maximum absolute atomic E-state index is 12.8. The normalized spacial score (nSPS) is 12.9. The third-order valence-corrected chi connectivity index (χ3v) is 5.21. The zero-order chi connectivity index (χ0) is 22.7. The van der Waals surface area contributed by atoms with Gasteiger partial charge in [-0.25, -0.2) is 0 Å². The molecule has 3 rings (SSSR count). The average Bonchev–Trinajstić information content (AvgIpc) is 2.97. The molecule has 7 nitrogen and oxygen atoms in total. The van der Waals surface area contributed by atoms with Gasteiger partial charge < -0.3 is 10.2 Å². The van der Waals surface area contributed by atoms with Crippen molar-refractivity contribution in [1.82, 2.24) is 9.80 Å². The highest BCUT2D eigenvalue weighted by Crippen LogP contribution is 2.25. The van der Waals surface area contributed by atoms with Crippen LogP contribution in [0.1, 0.15) is 56.9 Å². The number of likely N-dealkylation sites (N-methyl/N-ethyl adjacent to an activating group) is 1. The molecule has 0 aliphatic carbocycles. The lowest BCUT2D eigenvalue weighted by Crippen LogP contribution is -2.35. The molecule has 7 heteroatoms. The second-order valence-corrected chi connectivity index (χ2v) is 8.28. The Morgan fingerprint density at radius 2 is 1.65 bits per heavy atom. The summed E-state index contributed by atoms with van der Waals surface area (Å²) in [6.07, 6.45) is 0.718. The molecule has 1 heterocycles. The average molecular weight is 421 g/mol. The largest absolute Gasteiger partial charge is 0.332 e. The van der Waals surface area contributed by atoms with Crippen LogP contribution in [-0.4, -0.2) is 53.6 Å². The highest BCUT2D eigenvalue weighted by Gasteiger charge is 2.36. The van der Waals surface area contributed by atoms with Crippen molar-refractivity contribution in [2.24, 2.45) is 5.92 Å². The maximum atomic E-state index is 12.8. The quantitative estimate of drug-likeness (QED) is 0.695. The summed E-state index contributed by atoms with van der Waals surface area (Å²) in [6, 6.07) is 11.8. The molecular weight excluding hydrogens is 394 g/mol.